The predicted octanol–water partition coefficient (Wildman–Crippen LogP) is 6.00. The molecule has 2 atom stereocenters. The van der Waals surface area contributed by atoms with Gasteiger partial charge in [-0.25, -0.2) is 0 Å². The molecule has 2 aromatic rings. The molecule has 0 spiro atoms. The van der Waals surface area contributed by atoms with Crippen molar-refractivity contribution in [1.29, 1.82) is 0 Å². The average Bonchev–Trinajstić information content (AvgIpc) is 3.13. The van der Waals surface area contributed by atoms with E-state index in [1.54, 1.807) is 24.3 Å². The Morgan fingerprint density at radius 2 is 1.62 bits per heavy atom. The zero-order chi connectivity index (χ0) is 24.2. The van der Waals surface area contributed by atoms with E-state index in [0.29, 0.717) is 17.7 Å². The van der Waals surface area contributed by atoms with Gasteiger partial charge in [0.2, 0.25) is 0 Å². The largest absolute Gasteiger partial charge is 0.465 e. The van der Waals surface area contributed by atoms with Crippen LogP contribution in [0.4, 0.5) is 0 Å². The Labute approximate surface area is 204 Å². The normalized spacial score (nSPS) is 17.3. The van der Waals surface area contributed by atoms with E-state index in [9.17, 15) is 9.59 Å². The summed E-state index contributed by atoms with van der Waals surface area (Å²) < 4.78 is 11.7. The molecule has 0 bridgehead atoms. The Kier molecular flexibility index (Phi) is 13.2. The van der Waals surface area contributed by atoms with Crippen LogP contribution >= 0.6 is 0 Å². The third kappa shape index (κ3) is 7.15. The summed E-state index contributed by atoms with van der Waals surface area (Å²) in [6.45, 7) is 11.3. The molecule has 2 aromatic carbocycles. The average molecular weight is 472 g/mol. The highest BCUT2D eigenvalue weighted by atomic mass is 16.7. The number of carbonyl (C=O) groups is 2. The summed E-state index contributed by atoms with van der Waals surface area (Å²) in [5, 5.41) is 0. The SMILES string of the molecule is CC.CC.CC[C@H](CCN1C(=O)c2ccccc2C1=O)c1cccc(OC2CCCCO2)c1.O. The molecule has 4 rings (SSSR count). The van der Waals surface area contributed by atoms with E-state index in [4.69, 9.17) is 9.47 Å². The molecule has 1 fully saturated rings. The fraction of sp³-hybridized carbons (Fsp3) is 0.500. The third-order valence-electron chi connectivity index (χ3n) is 5.81. The summed E-state index contributed by atoms with van der Waals surface area (Å²) in [4.78, 5) is 26.6. The molecule has 2 N–H and O–H groups in total. The molecule has 0 saturated carbocycles. The van der Waals surface area contributed by atoms with Gasteiger partial charge in [0, 0.05) is 13.0 Å². The van der Waals surface area contributed by atoms with Gasteiger partial charge in [0.25, 0.3) is 11.8 Å². The molecule has 0 radical (unpaired) electrons. The van der Waals surface area contributed by atoms with E-state index < -0.39 is 0 Å². The lowest BCUT2D eigenvalue weighted by Gasteiger charge is -2.24. The van der Waals surface area contributed by atoms with Crippen LogP contribution in [0.1, 0.15) is 98.9 Å². The number of benzene rings is 2. The Balaban J connectivity index is 0.00000110. The van der Waals surface area contributed by atoms with Crippen molar-refractivity contribution in [3.63, 3.8) is 0 Å². The van der Waals surface area contributed by atoms with Gasteiger partial charge in [-0.15, -0.1) is 0 Å². The second-order valence-electron chi connectivity index (χ2n) is 7.69. The van der Waals surface area contributed by atoms with Crippen LogP contribution in [0.2, 0.25) is 0 Å². The fourth-order valence-electron chi connectivity index (χ4n) is 4.13. The van der Waals surface area contributed by atoms with Crippen LogP contribution in [-0.2, 0) is 4.74 Å². The van der Waals surface area contributed by atoms with Gasteiger partial charge in [0.1, 0.15) is 5.75 Å². The number of rotatable bonds is 7. The molecule has 1 unspecified atom stereocenters. The lowest BCUT2D eigenvalue weighted by Crippen LogP contribution is -2.31. The van der Waals surface area contributed by atoms with E-state index in [2.05, 4.69) is 19.1 Å². The molecule has 0 aromatic heterocycles. The number of nitrogens with zero attached hydrogens (tertiary/aromatic N) is 1. The number of hydrogen-bond donors (Lipinski definition) is 0. The standard InChI is InChI=1S/C24H27NO4.2C2H6.H2O/c1-2-17(13-14-25-23(26)20-10-3-4-11-21(20)24(25)27)18-8-7-9-19(16-18)29-22-12-5-6-15-28-22;2*1-2;/h3-4,7-11,16-17,22H,2,5-6,12-15H2,1H3;2*1-2H3;1H2/t17-,22?;;;/m1.../s1. The molecular weight excluding hydrogens is 430 g/mol. The van der Waals surface area contributed by atoms with Crippen LogP contribution in [0.15, 0.2) is 48.5 Å². The van der Waals surface area contributed by atoms with Gasteiger partial charge in [-0.05, 0) is 61.4 Å². The summed E-state index contributed by atoms with van der Waals surface area (Å²) in [5.74, 6) is 0.683. The first-order valence-corrected chi connectivity index (χ1v) is 12.5. The minimum atomic E-state index is -0.188. The highest BCUT2D eigenvalue weighted by Gasteiger charge is 2.35. The summed E-state index contributed by atoms with van der Waals surface area (Å²) in [5.41, 5.74) is 2.18. The summed E-state index contributed by atoms with van der Waals surface area (Å²) in [6.07, 6.45) is 4.62. The Bertz CT molecular complexity index is 857. The van der Waals surface area contributed by atoms with Crippen molar-refractivity contribution in [1.82, 2.24) is 4.90 Å². The highest BCUT2D eigenvalue weighted by molar-refractivity contribution is 6.21. The molecule has 2 amide bonds. The zero-order valence-corrected chi connectivity index (χ0v) is 21.3. The van der Waals surface area contributed by atoms with Crippen LogP contribution in [0.5, 0.6) is 5.75 Å². The van der Waals surface area contributed by atoms with Crippen molar-refractivity contribution >= 4 is 11.8 Å². The monoisotopic (exact) mass is 471 g/mol. The van der Waals surface area contributed by atoms with Gasteiger partial charge in [0.05, 0.1) is 17.7 Å². The van der Waals surface area contributed by atoms with Crippen LogP contribution in [-0.4, -0.2) is 41.6 Å². The third-order valence-corrected chi connectivity index (χ3v) is 5.81. The lowest BCUT2D eigenvalue weighted by atomic mass is 9.93. The van der Waals surface area contributed by atoms with Gasteiger partial charge >= 0.3 is 0 Å². The maximum absolute atomic E-state index is 12.6. The quantitative estimate of drug-likeness (QED) is 0.463. The Morgan fingerprint density at radius 1 is 0.971 bits per heavy atom. The maximum Gasteiger partial charge on any atom is 0.261 e. The molecule has 1 saturated heterocycles. The van der Waals surface area contributed by atoms with Crippen molar-refractivity contribution in [2.24, 2.45) is 0 Å². The van der Waals surface area contributed by atoms with E-state index in [-0.39, 0.29) is 29.5 Å². The second kappa shape index (κ2) is 15.3. The Hall–Kier alpha value is -2.70. The van der Waals surface area contributed by atoms with Gasteiger partial charge in [-0.2, -0.15) is 0 Å². The lowest BCUT2D eigenvalue weighted by molar-refractivity contribution is -0.105. The molecule has 2 aliphatic heterocycles. The van der Waals surface area contributed by atoms with Crippen molar-refractivity contribution in [2.75, 3.05) is 13.2 Å². The van der Waals surface area contributed by atoms with E-state index >= 15 is 0 Å². The topological polar surface area (TPSA) is 87.3 Å². The number of imide groups is 1. The smallest absolute Gasteiger partial charge is 0.261 e. The van der Waals surface area contributed by atoms with Gasteiger partial charge in [0.15, 0.2) is 6.29 Å². The second-order valence-corrected chi connectivity index (χ2v) is 7.69. The minimum absolute atomic E-state index is 0. The van der Waals surface area contributed by atoms with Crippen LogP contribution in [0.25, 0.3) is 0 Å². The van der Waals surface area contributed by atoms with Crippen molar-refractivity contribution < 1.29 is 24.5 Å². The van der Waals surface area contributed by atoms with Crippen LogP contribution in [0.3, 0.4) is 0 Å². The molecule has 6 heteroatoms. The molecule has 2 aliphatic rings. The van der Waals surface area contributed by atoms with Crippen LogP contribution < -0.4 is 4.74 Å². The minimum Gasteiger partial charge on any atom is -0.465 e. The molecule has 6 nitrogen and oxygen atoms in total. The fourth-order valence-corrected chi connectivity index (χ4v) is 4.13. The molecule has 2 heterocycles. The van der Waals surface area contributed by atoms with E-state index in [1.807, 2.05) is 39.8 Å². The molecule has 0 aliphatic carbocycles. The first-order valence-electron chi connectivity index (χ1n) is 12.5. The predicted molar refractivity (Wildman–Crippen MR) is 136 cm³/mol. The van der Waals surface area contributed by atoms with Crippen LogP contribution in [0, 0.1) is 0 Å². The maximum atomic E-state index is 12.6. The molecule has 34 heavy (non-hydrogen) atoms. The van der Waals surface area contributed by atoms with Crippen molar-refractivity contribution in [3.8, 4) is 5.75 Å². The van der Waals surface area contributed by atoms with Crippen molar-refractivity contribution in [3.05, 3.63) is 65.2 Å². The van der Waals surface area contributed by atoms with Gasteiger partial charge < -0.3 is 14.9 Å². The number of hydrogen-bond acceptors (Lipinski definition) is 4. The summed E-state index contributed by atoms with van der Waals surface area (Å²) in [7, 11) is 0. The number of ether oxygens (including phenoxy) is 2. The number of amides is 2. The zero-order valence-electron chi connectivity index (χ0n) is 21.3. The summed E-state index contributed by atoms with van der Waals surface area (Å²) in [6, 6.07) is 15.1. The van der Waals surface area contributed by atoms with Gasteiger partial charge in [-0.3, -0.25) is 14.5 Å². The molecule has 188 valence electrons. The number of carbonyl (C=O) groups excluding carboxylic acids is 2. The van der Waals surface area contributed by atoms with E-state index in [1.165, 1.54) is 4.90 Å². The van der Waals surface area contributed by atoms with Gasteiger partial charge in [-0.1, -0.05) is 58.9 Å². The Morgan fingerprint density at radius 3 is 2.18 bits per heavy atom. The number of fused-ring (bicyclic) bond motifs is 1. The summed E-state index contributed by atoms with van der Waals surface area (Å²) >= 11 is 0. The van der Waals surface area contributed by atoms with E-state index in [0.717, 1.165) is 50.0 Å². The first-order chi connectivity index (χ1) is 16.2. The molecular formula is C28H41NO5. The first kappa shape index (κ1) is 29.3. The van der Waals surface area contributed by atoms with Crippen molar-refractivity contribution in [2.45, 2.75) is 78.9 Å². The highest BCUT2D eigenvalue weighted by Crippen LogP contribution is 2.30.